The molecule has 422 valence electrons. The van der Waals surface area contributed by atoms with Crippen molar-refractivity contribution in [1.82, 2.24) is 52.3 Å². The maximum absolute atomic E-state index is 12.4. The first kappa shape index (κ1) is 72.3. The van der Waals surface area contributed by atoms with Crippen LogP contribution in [0, 0.1) is 0 Å². The Morgan fingerprint density at radius 2 is 0.486 bits per heavy atom. The fraction of sp³-hybridized carbons (Fsp3) is 0.826. The highest BCUT2D eigenvalue weighted by Crippen LogP contribution is 2.09. The minimum atomic E-state index is -0.685. The summed E-state index contributed by atoms with van der Waals surface area (Å²) in [6.07, 6.45) is 1.48. The molecule has 0 spiro atoms. The van der Waals surface area contributed by atoms with Crippen LogP contribution in [-0.4, -0.2) is 183 Å². The molecule has 8 amide bonds. The predicted octanol–water partition coefficient (Wildman–Crippen LogP) is 5.34. The molecule has 0 atom stereocenters. The number of hydrogen-bond acceptors (Lipinski definition) is 14. The number of carbonyl (C=O) groups is 8. The second-order valence-electron chi connectivity index (χ2n) is 19.8. The summed E-state index contributed by atoms with van der Waals surface area (Å²) in [5, 5.41) is 21.4. The Morgan fingerprint density at radius 1 is 0.319 bits per heavy atom. The van der Waals surface area contributed by atoms with E-state index in [2.05, 4.69) is 52.3 Å². The predicted molar refractivity (Wildman–Crippen MR) is 283 cm³/mol. The molecule has 0 aromatic heterocycles. The van der Waals surface area contributed by atoms with Gasteiger partial charge < -0.3 is 71.3 Å². The van der Waals surface area contributed by atoms with Gasteiger partial charge in [0.1, 0.15) is 22.4 Å². The Labute approximate surface area is 448 Å². The molecule has 0 aromatic carbocycles. The molecule has 0 heterocycles. The highest BCUT2D eigenvalue weighted by molar-refractivity contribution is 6.41. The number of amides is 8. The molecule has 0 bridgehead atoms. The molecule has 26 heteroatoms. The zero-order valence-electron chi connectivity index (χ0n) is 44.9. The first-order valence-corrected chi connectivity index (χ1v) is 26.1. The van der Waals surface area contributed by atoms with Crippen LogP contribution in [0.25, 0.3) is 0 Å². The number of alkyl carbamates (subject to hydrolysis) is 4. The van der Waals surface area contributed by atoms with Crippen molar-refractivity contribution in [2.45, 2.75) is 144 Å². The number of rotatable bonds is 29. The number of nitrogens with zero attached hydrogens (tertiary/aromatic N) is 2. The van der Waals surface area contributed by atoms with Crippen LogP contribution in [-0.2, 0) is 38.1 Å². The summed E-state index contributed by atoms with van der Waals surface area (Å²) in [7, 11) is 0. The second-order valence-corrected chi connectivity index (χ2v) is 21.4. The zero-order valence-corrected chi connectivity index (χ0v) is 47.9. The van der Waals surface area contributed by atoms with Gasteiger partial charge in [0.15, 0.2) is 0 Å². The van der Waals surface area contributed by atoms with Crippen molar-refractivity contribution in [2.24, 2.45) is 0 Å². The SMILES string of the molecule is CC(C)(C)OC(=O)NCC(=O)NCCCN(CCCCN(CCCNC(=O)CNC(=O)OC(C)(C)C)CCCNC(=O)CNC(=O)OC(C)(C)C)CCCNC(=O)CNC(=O)OC(C)(C)C.ClCCl.ClCCl. The van der Waals surface area contributed by atoms with Gasteiger partial charge in [0.05, 0.1) is 36.9 Å². The van der Waals surface area contributed by atoms with Crippen molar-refractivity contribution in [3.05, 3.63) is 0 Å². The summed E-state index contributed by atoms with van der Waals surface area (Å²) < 4.78 is 20.7. The molecule has 0 saturated heterocycles. The number of unbranched alkanes of at least 4 members (excludes halogenated alkanes) is 1. The van der Waals surface area contributed by atoms with Crippen LogP contribution < -0.4 is 42.5 Å². The van der Waals surface area contributed by atoms with Gasteiger partial charge in [0.2, 0.25) is 23.6 Å². The number of carbonyl (C=O) groups excluding carboxylic acids is 8. The van der Waals surface area contributed by atoms with Crippen LogP contribution >= 0.6 is 46.4 Å². The van der Waals surface area contributed by atoms with Crippen molar-refractivity contribution in [1.29, 1.82) is 0 Å². The third-order valence-electron chi connectivity index (χ3n) is 8.26. The molecule has 72 heavy (non-hydrogen) atoms. The van der Waals surface area contributed by atoms with E-state index in [1.165, 1.54) is 0 Å². The lowest BCUT2D eigenvalue weighted by Crippen LogP contribution is -2.41. The molecule has 0 fully saturated rings. The third-order valence-corrected chi connectivity index (χ3v) is 8.26. The van der Waals surface area contributed by atoms with Gasteiger partial charge in [0, 0.05) is 26.2 Å². The Bertz CT molecular complexity index is 1340. The van der Waals surface area contributed by atoms with E-state index in [1.807, 2.05) is 0 Å². The number of hydrogen-bond donors (Lipinski definition) is 8. The summed E-state index contributed by atoms with van der Waals surface area (Å²) in [6.45, 7) is 25.6. The first-order chi connectivity index (χ1) is 33.3. The molecule has 0 aliphatic carbocycles. The summed E-state index contributed by atoms with van der Waals surface area (Å²) >= 11 is 19.1. The topological polar surface area (TPSA) is 276 Å². The number of halogens is 4. The standard InChI is InChI=1S/C44H84N10O12.2CH2Cl2/c1-41(2,3)63-37(59)49-29-33(55)45-19-15-25-53(26-16-20-46-34(56)30-50-38(60)64-42(4,5)6)23-13-14-24-54(27-17-21-47-35(57)31-51-39(61)65-43(7,8)9)28-18-22-48-36(58)32-52-40(62)66-44(10,11)12;2*2-1-3/h13-32H2,1-12H3,(H,45,55)(H,46,56)(H,47,57)(H,48,58)(H,49,59)(H,50,60)(H,51,61)(H,52,62);2*1H2. The van der Waals surface area contributed by atoms with E-state index < -0.39 is 46.8 Å². The third kappa shape index (κ3) is 55.4. The van der Waals surface area contributed by atoms with Gasteiger partial charge in [-0.3, -0.25) is 19.2 Å². The molecule has 22 nitrogen and oxygen atoms in total. The van der Waals surface area contributed by atoms with Crippen LogP contribution in [0.3, 0.4) is 0 Å². The summed E-state index contributed by atoms with van der Waals surface area (Å²) in [6, 6.07) is 0. The van der Waals surface area contributed by atoms with E-state index in [0.717, 1.165) is 25.9 Å². The van der Waals surface area contributed by atoms with E-state index >= 15 is 0 Å². The van der Waals surface area contributed by atoms with E-state index in [4.69, 9.17) is 65.4 Å². The number of ether oxygens (including phenoxy) is 4. The molecular formula is C46H88Cl4N10O12. The summed E-state index contributed by atoms with van der Waals surface area (Å²) in [5.41, 5.74) is -2.74. The molecule has 0 unspecified atom stereocenters. The van der Waals surface area contributed by atoms with Gasteiger partial charge in [-0.15, -0.1) is 46.4 Å². The highest BCUT2D eigenvalue weighted by Gasteiger charge is 2.20. The van der Waals surface area contributed by atoms with Crippen LogP contribution in [0.2, 0.25) is 0 Å². The van der Waals surface area contributed by atoms with E-state index in [0.29, 0.717) is 78.0 Å². The zero-order chi connectivity index (χ0) is 55.8. The molecular weight excluding hydrogens is 1030 g/mol. The van der Waals surface area contributed by atoms with Gasteiger partial charge in [-0.05, 0) is 161 Å². The Morgan fingerprint density at radius 3 is 0.653 bits per heavy atom. The Hall–Kier alpha value is -3.96. The lowest BCUT2D eigenvalue weighted by atomic mass is 10.2. The van der Waals surface area contributed by atoms with Crippen LogP contribution in [0.4, 0.5) is 19.2 Å². The fourth-order valence-corrected chi connectivity index (χ4v) is 5.58. The quantitative estimate of drug-likeness (QED) is 0.0267. The Balaban J connectivity index is -0.00000751. The average Bonchev–Trinajstić information content (AvgIpc) is 3.22. The van der Waals surface area contributed by atoms with Crippen molar-refractivity contribution in [3.8, 4) is 0 Å². The second kappa shape index (κ2) is 41.4. The van der Waals surface area contributed by atoms with Gasteiger partial charge in [-0.25, -0.2) is 19.2 Å². The Kier molecular flexibility index (Phi) is 41.6. The monoisotopic (exact) mass is 1110 g/mol. The minimum absolute atomic E-state index is 0.194. The van der Waals surface area contributed by atoms with Gasteiger partial charge in [-0.2, -0.15) is 0 Å². The molecule has 0 saturated carbocycles. The van der Waals surface area contributed by atoms with Crippen molar-refractivity contribution < 1.29 is 57.3 Å². The molecule has 8 N–H and O–H groups in total. The van der Waals surface area contributed by atoms with E-state index in [-0.39, 0.29) is 60.5 Å². The van der Waals surface area contributed by atoms with E-state index in [1.54, 1.807) is 83.1 Å². The van der Waals surface area contributed by atoms with Crippen molar-refractivity contribution in [3.63, 3.8) is 0 Å². The summed E-state index contributed by atoms with van der Waals surface area (Å²) in [4.78, 5) is 102. The maximum Gasteiger partial charge on any atom is 0.408 e. The maximum atomic E-state index is 12.4. The van der Waals surface area contributed by atoms with Crippen molar-refractivity contribution >= 4 is 94.4 Å². The lowest BCUT2D eigenvalue weighted by molar-refractivity contribution is -0.121. The molecule has 0 aliphatic heterocycles. The van der Waals surface area contributed by atoms with Gasteiger partial charge >= 0.3 is 24.4 Å². The van der Waals surface area contributed by atoms with Gasteiger partial charge in [0.25, 0.3) is 0 Å². The molecule has 0 aromatic rings. The van der Waals surface area contributed by atoms with Gasteiger partial charge in [-0.1, -0.05) is 0 Å². The molecule has 0 rings (SSSR count). The van der Waals surface area contributed by atoms with Crippen molar-refractivity contribution in [2.75, 3.05) is 102 Å². The summed E-state index contributed by atoms with van der Waals surface area (Å²) in [5.74, 6) is -1.37. The smallest absolute Gasteiger partial charge is 0.408 e. The lowest BCUT2D eigenvalue weighted by Gasteiger charge is -2.25. The minimum Gasteiger partial charge on any atom is -0.444 e. The van der Waals surface area contributed by atoms with E-state index in [9.17, 15) is 38.4 Å². The van der Waals surface area contributed by atoms with Crippen LogP contribution in [0.5, 0.6) is 0 Å². The molecule has 0 aliphatic rings. The number of nitrogens with one attached hydrogen (secondary N) is 8. The average molecular weight is 1120 g/mol. The highest BCUT2D eigenvalue weighted by atomic mass is 35.5. The van der Waals surface area contributed by atoms with Crippen LogP contribution in [0.1, 0.15) is 122 Å². The fourth-order valence-electron chi connectivity index (χ4n) is 5.58. The molecule has 0 radical (unpaired) electrons. The first-order valence-electron chi connectivity index (χ1n) is 24.0. The van der Waals surface area contributed by atoms with Crippen LogP contribution in [0.15, 0.2) is 0 Å². The number of alkyl halides is 4. The largest absolute Gasteiger partial charge is 0.444 e. The normalized spacial score (nSPS) is 11.3.